The van der Waals surface area contributed by atoms with Gasteiger partial charge in [-0.05, 0) is 56.6 Å². The number of nitrogens with zero attached hydrogens (tertiary/aromatic N) is 3. The molecule has 1 unspecified atom stereocenters. The summed E-state index contributed by atoms with van der Waals surface area (Å²) >= 11 is 0. The summed E-state index contributed by atoms with van der Waals surface area (Å²) in [6.07, 6.45) is 9.24. The molecule has 3 rings (SSSR count). The molecular weight excluding hydrogens is 694 g/mol. The summed E-state index contributed by atoms with van der Waals surface area (Å²) < 4.78 is 23.8. The predicted molar refractivity (Wildman–Crippen MR) is 193 cm³/mol. The number of carboxylic acid groups (broad SMARTS) is 1. The third kappa shape index (κ3) is 15.9. The number of rotatable bonds is 19. The van der Waals surface area contributed by atoms with E-state index in [1.54, 1.807) is 0 Å². The molecule has 286 valence electrons. The number of carbonyl (C=O) groups excluding carboxylic acids is 3. The van der Waals surface area contributed by atoms with Gasteiger partial charge in [0.05, 0.1) is 12.1 Å². The van der Waals surface area contributed by atoms with E-state index in [9.17, 15) is 23.7 Å². The SMILES string of the molecule is CC(C)CC[C@@H](NC(=O)[C@@H](Cc1ccccc1)NC(=O)c1cnccn1)B1OCCCN(CCCCCC(=O)NC(C(=O)O)P(=O)(O)O)CCCO1. The van der Waals surface area contributed by atoms with Gasteiger partial charge in [-0.1, -0.05) is 50.6 Å². The van der Waals surface area contributed by atoms with E-state index in [2.05, 4.69) is 39.3 Å². The van der Waals surface area contributed by atoms with Gasteiger partial charge in [0, 0.05) is 51.5 Å². The highest BCUT2D eigenvalue weighted by molar-refractivity contribution is 7.53. The average molecular weight is 747 g/mol. The lowest BCUT2D eigenvalue weighted by atomic mass is 9.74. The van der Waals surface area contributed by atoms with Crippen LogP contribution in [0.2, 0.25) is 0 Å². The van der Waals surface area contributed by atoms with Crippen LogP contribution >= 0.6 is 7.60 Å². The van der Waals surface area contributed by atoms with Gasteiger partial charge in [-0.2, -0.15) is 0 Å². The van der Waals surface area contributed by atoms with Crippen LogP contribution in [0.4, 0.5) is 0 Å². The Kier molecular flexibility index (Phi) is 18.4. The van der Waals surface area contributed by atoms with Crippen LogP contribution in [0.3, 0.4) is 0 Å². The van der Waals surface area contributed by atoms with E-state index in [4.69, 9.17) is 24.2 Å². The molecule has 2 aromatic rings. The minimum atomic E-state index is -5.01. The van der Waals surface area contributed by atoms with Crippen molar-refractivity contribution in [2.24, 2.45) is 5.92 Å². The minimum absolute atomic E-state index is 0.0392. The van der Waals surface area contributed by atoms with Crippen LogP contribution < -0.4 is 16.0 Å². The lowest BCUT2D eigenvalue weighted by Crippen LogP contribution is -2.56. The maximum atomic E-state index is 13.9. The Hall–Kier alpha value is -3.73. The number of aliphatic carboxylic acids is 1. The molecule has 16 nitrogen and oxygen atoms in total. The summed E-state index contributed by atoms with van der Waals surface area (Å²) in [7, 11) is -5.69. The van der Waals surface area contributed by atoms with E-state index in [-0.39, 0.29) is 24.4 Å². The maximum Gasteiger partial charge on any atom is 0.480 e. The number of hydrogen-bond acceptors (Lipinski definition) is 10. The van der Waals surface area contributed by atoms with Gasteiger partial charge in [0.2, 0.25) is 17.6 Å². The van der Waals surface area contributed by atoms with Crippen LogP contribution in [0.15, 0.2) is 48.9 Å². The molecule has 3 atom stereocenters. The summed E-state index contributed by atoms with van der Waals surface area (Å²) in [5.74, 6) is -5.70. The van der Waals surface area contributed by atoms with Crippen molar-refractivity contribution in [2.75, 3.05) is 32.8 Å². The molecule has 1 saturated heterocycles. The molecular formula is C34H52BN6O10P. The topological polar surface area (TPSA) is 230 Å². The summed E-state index contributed by atoms with van der Waals surface area (Å²) in [4.78, 5) is 78.6. The largest absolute Gasteiger partial charge is 0.480 e. The number of hydrogen-bond donors (Lipinski definition) is 6. The molecule has 0 aliphatic carbocycles. The maximum absolute atomic E-state index is 13.9. The van der Waals surface area contributed by atoms with Crippen molar-refractivity contribution in [3.05, 3.63) is 60.2 Å². The first-order chi connectivity index (χ1) is 24.8. The van der Waals surface area contributed by atoms with Gasteiger partial charge in [-0.15, -0.1) is 0 Å². The third-order valence-electron chi connectivity index (χ3n) is 8.46. The second-order valence-electron chi connectivity index (χ2n) is 13.3. The highest BCUT2D eigenvalue weighted by Crippen LogP contribution is 2.39. The second kappa shape index (κ2) is 22.4. The first kappa shape index (κ1) is 42.7. The van der Waals surface area contributed by atoms with Crippen LogP contribution in [0, 0.1) is 5.92 Å². The minimum Gasteiger partial charge on any atom is -0.479 e. The molecule has 2 heterocycles. The zero-order valence-corrected chi connectivity index (χ0v) is 30.8. The Morgan fingerprint density at radius 2 is 1.63 bits per heavy atom. The van der Waals surface area contributed by atoms with Crippen molar-refractivity contribution in [2.45, 2.75) is 89.4 Å². The Bertz CT molecular complexity index is 1440. The van der Waals surface area contributed by atoms with Crippen LogP contribution in [0.25, 0.3) is 0 Å². The Labute approximate surface area is 305 Å². The first-order valence-electron chi connectivity index (χ1n) is 17.8. The van der Waals surface area contributed by atoms with Crippen molar-refractivity contribution < 1.29 is 47.9 Å². The van der Waals surface area contributed by atoms with Gasteiger partial charge >= 0.3 is 20.7 Å². The molecule has 3 amide bonds. The fourth-order valence-corrected chi connectivity index (χ4v) is 6.28. The van der Waals surface area contributed by atoms with Gasteiger partial charge in [0.25, 0.3) is 5.91 Å². The zero-order chi connectivity index (χ0) is 37.9. The summed E-state index contributed by atoms with van der Waals surface area (Å²) in [5, 5.41) is 16.9. The molecule has 1 aliphatic rings. The average Bonchev–Trinajstić information content (AvgIpc) is 3.11. The lowest BCUT2D eigenvalue weighted by molar-refractivity contribution is -0.139. The van der Waals surface area contributed by atoms with Crippen molar-refractivity contribution >= 4 is 38.4 Å². The smallest absolute Gasteiger partial charge is 0.479 e. The van der Waals surface area contributed by atoms with Gasteiger partial charge in [-0.3, -0.25) is 23.9 Å². The molecule has 1 aliphatic heterocycles. The number of benzene rings is 1. The third-order valence-corrected chi connectivity index (χ3v) is 9.48. The molecule has 0 radical (unpaired) electrons. The number of carbonyl (C=O) groups is 4. The first-order valence-corrected chi connectivity index (χ1v) is 19.5. The zero-order valence-electron chi connectivity index (χ0n) is 29.9. The number of nitrogens with one attached hydrogen (secondary N) is 3. The number of unbranched alkanes of at least 4 members (excludes halogenated alkanes) is 2. The van der Waals surface area contributed by atoms with Crippen LogP contribution in [0.5, 0.6) is 0 Å². The Balaban J connectivity index is 1.53. The van der Waals surface area contributed by atoms with Crippen molar-refractivity contribution in [1.29, 1.82) is 0 Å². The summed E-state index contributed by atoms with van der Waals surface area (Å²) in [5.41, 5.74) is 0.992. The van der Waals surface area contributed by atoms with E-state index < -0.39 is 50.3 Å². The monoisotopic (exact) mass is 746 g/mol. The molecule has 1 fully saturated rings. The predicted octanol–water partition coefficient (Wildman–Crippen LogP) is 2.16. The number of aromatic nitrogens is 2. The fourth-order valence-electron chi connectivity index (χ4n) is 5.68. The molecule has 18 heteroatoms. The summed E-state index contributed by atoms with van der Waals surface area (Å²) in [6.45, 7) is 7.32. The highest BCUT2D eigenvalue weighted by atomic mass is 31.2. The van der Waals surface area contributed by atoms with Crippen LogP contribution in [-0.4, -0.2) is 111 Å². The Morgan fingerprint density at radius 1 is 0.942 bits per heavy atom. The van der Waals surface area contributed by atoms with Crippen molar-refractivity contribution in [1.82, 2.24) is 30.8 Å². The molecule has 0 spiro atoms. The van der Waals surface area contributed by atoms with E-state index in [1.807, 2.05) is 35.6 Å². The molecule has 1 aromatic heterocycles. The quantitative estimate of drug-likeness (QED) is 0.0689. The van der Waals surface area contributed by atoms with Crippen LogP contribution in [-0.2, 0) is 34.7 Å². The van der Waals surface area contributed by atoms with Gasteiger partial charge in [0.15, 0.2) is 0 Å². The van der Waals surface area contributed by atoms with Gasteiger partial charge < -0.3 is 45.1 Å². The van der Waals surface area contributed by atoms with Gasteiger partial charge in [-0.25, -0.2) is 9.78 Å². The fraction of sp³-hybridized carbons (Fsp3) is 0.588. The van der Waals surface area contributed by atoms with Gasteiger partial charge in [0.1, 0.15) is 11.7 Å². The second-order valence-corrected chi connectivity index (χ2v) is 15.0. The normalized spacial score (nSPS) is 16.4. The molecule has 6 N–H and O–H groups in total. The molecule has 0 bridgehead atoms. The van der Waals surface area contributed by atoms with Crippen molar-refractivity contribution in [3.63, 3.8) is 0 Å². The van der Waals surface area contributed by atoms with E-state index in [1.165, 1.54) is 18.6 Å². The summed E-state index contributed by atoms with van der Waals surface area (Å²) in [6, 6.07) is 8.56. The Morgan fingerprint density at radius 3 is 2.23 bits per heavy atom. The highest BCUT2D eigenvalue weighted by Gasteiger charge is 2.37. The van der Waals surface area contributed by atoms with E-state index in [0.717, 1.165) is 50.9 Å². The standard InChI is InChI=1S/C34H52BN6O10P/c1-25(2)14-15-29(39-31(43)27(23-26-11-5-3-6-12-26)38-32(44)28-24-36-16-17-37-28)35-50-21-9-19-41(20-10-22-51-35)18-8-4-7-13-30(42)40-33(34(45)46)52(47,48)49/h3,5-6,11-12,16-17,24-25,27,29,33H,4,7-10,13-15,18-23H2,1-2H3,(H,38,44)(H,39,43)(H,40,42)(H,45,46)(H2,47,48,49)/t27-,29-,33?/m1/s1. The number of amides is 3. The molecule has 0 saturated carbocycles. The number of carboxylic acids is 1. The van der Waals surface area contributed by atoms with E-state index >= 15 is 0 Å². The molecule has 1 aromatic carbocycles. The van der Waals surface area contributed by atoms with E-state index in [0.29, 0.717) is 38.4 Å². The van der Waals surface area contributed by atoms with Crippen LogP contribution in [0.1, 0.15) is 81.3 Å². The van der Waals surface area contributed by atoms with Crippen molar-refractivity contribution in [3.8, 4) is 0 Å². The molecule has 52 heavy (non-hydrogen) atoms. The lowest BCUT2D eigenvalue weighted by Gasteiger charge is -2.30.